The first kappa shape index (κ1) is 23.1. The molecule has 2 aromatic carbocycles. The molecule has 0 saturated carbocycles. The summed E-state index contributed by atoms with van der Waals surface area (Å²) in [5.41, 5.74) is 1.44. The summed E-state index contributed by atoms with van der Waals surface area (Å²) < 4.78 is 66.4. The van der Waals surface area contributed by atoms with Crippen LogP contribution in [0, 0.1) is 5.82 Å². The number of halogens is 5. The van der Waals surface area contributed by atoms with E-state index in [9.17, 15) is 17.6 Å². The summed E-state index contributed by atoms with van der Waals surface area (Å²) in [5.74, 6) is -0.227. The summed E-state index contributed by atoms with van der Waals surface area (Å²) in [6, 6.07) is 5.62. The van der Waals surface area contributed by atoms with Crippen molar-refractivity contribution >= 4 is 22.4 Å². The number of alkyl halides is 3. The van der Waals surface area contributed by atoms with E-state index in [0.29, 0.717) is 29.3 Å². The number of hydrogen-bond donors (Lipinski definition) is 1. The molecule has 4 rings (SSSR count). The Labute approximate surface area is 197 Å². The molecule has 2 heterocycles. The van der Waals surface area contributed by atoms with Gasteiger partial charge < -0.3 is 0 Å². The monoisotopic (exact) mass is 569 g/mol. The second kappa shape index (κ2) is 9.46. The molecule has 0 saturated heterocycles. The van der Waals surface area contributed by atoms with Gasteiger partial charge in [-0.15, -0.1) is 0 Å². The molecular weight excluding hydrogens is 551 g/mol. The van der Waals surface area contributed by atoms with Gasteiger partial charge in [0.25, 0.3) is 0 Å². The standard InChI is InChI=1S/C23H18F4IN4O/c1-13-3-4-14(10-28-32-13)11-29-22-18-7-15(8-20(33-2)21(18)30-12-31-22)17-6-5-16(24)9-19(17)23(25,26)27/h3-10,12H,11H2,1-2H3,(H,29,30,31)/q-1. The molecule has 1 N–H and O–H groups in total. The van der Waals surface area contributed by atoms with Crippen LogP contribution in [0.5, 0.6) is 5.75 Å². The first-order valence-electron chi connectivity index (χ1n) is 9.74. The third kappa shape index (κ3) is 5.15. The van der Waals surface area contributed by atoms with Gasteiger partial charge in [-0.1, -0.05) is 0 Å². The summed E-state index contributed by atoms with van der Waals surface area (Å²) in [6.45, 7) is 2.40. The number of methoxy groups -OCH3 is 1. The molecule has 0 unspecified atom stereocenters. The van der Waals surface area contributed by atoms with Crippen LogP contribution in [-0.2, 0) is 6.18 Å². The van der Waals surface area contributed by atoms with Crippen LogP contribution in [-0.4, -0.2) is 29.3 Å². The van der Waals surface area contributed by atoms with Crippen molar-refractivity contribution in [2.75, 3.05) is 19.0 Å². The summed E-state index contributed by atoms with van der Waals surface area (Å²) >= 11 is -0.440. The van der Waals surface area contributed by atoms with Crippen molar-refractivity contribution < 1.29 is 43.8 Å². The first-order chi connectivity index (χ1) is 15.8. The van der Waals surface area contributed by atoms with E-state index in [-0.39, 0.29) is 16.9 Å². The average molecular weight is 569 g/mol. The zero-order chi connectivity index (χ0) is 23.6. The molecule has 0 amide bonds. The number of nitrogens with one attached hydrogen (secondary N) is 1. The number of benzene rings is 2. The van der Waals surface area contributed by atoms with E-state index < -0.39 is 39.0 Å². The maximum absolute atomic E-state index is 13.6. The SMILES string of the molecule is COc1cc(-c2ccc(F)cc2C(F)(F)F)cc2c(NCC3=C[I-]N=C(C)C=C3)ncnc12. The predicted molar refractivity (Wildman–Crippen MR) is 115 cm³/mol. The molecule has 3 aromatic rings. The fourth-order valence-corrected chi connectivity index (χ4v) is 4.85. The molecule has 0 atom stereocenters. The topological polar surface area (TPSA) is 59.4 Å². The van der Waals surface area contributed by atoms with Crippen molar-refractivity contribution in [3.63, 3.8) is 0 Å². The van der Waals surface area contributed by atoms with Crippen LogP contribution in [0.15, 0.2) is 61.7 Å². The van der Waals surface area contributed by atoms with Crippen LogP contribution in [0.1, 0.15) is 12.5 Å². The molecule has 1 aliphatic rings. The Morgan fingerprint density at radius 2 is 1.91 bits per heavy atom. The molecule has 1 aromatic heterocycles. The Kier molecular flexibility index (Phi) is 6.63. The molecular formula is C23H18F4IN4O-. The van der Waals surface area contributed by atoms with Crippen molar-refractivity contribution in [1.29, 1.82) is 0 Å². The average Bonchev–Trinajstić information content (AvgIpc) is 3.00. The van der Waals surface area contributed by atoms with Gasteiger partial charge in [-0.3, -0.25) is 0 Å². The van der Waals surface area contributed by atoms with E-state index in [1.165, 1.54) is 19.5 Å². The molecule has 0 aliphatic carbocycles. The molecule has 0 bridgehead atoms. The quantitative estimate of drug-likeness (QED) is 0.380. The summed E-state index contributed by atoms with van der Waals surface area (Å²) in [5, 5.41) is 3.73. The van der Waals surface area contributed by atoms with Gasteiger partial charge in [-0.05, 0) is 0 Å². The van der Waals surface area contributed by atoms with Crippen molar-refractivity contribution in [2.24, 2.45) is 3.21 Å². The number of fused-ring (bicyclic) bond motifs is 1. The molecule has 172 valence electrons. The van der Waals surface area contributed by atoms with Crippen molar-refractivity contribution in [3.8, 4) is 16.9 Å². The Morgan fingerprint density at radius 3 is 2.67 bits per heavy atom. The molecule has 0 fully saturated rings. The van der Waals surface area contributed by atoms with Crippen LogP contribution in [0.2, 0.25) is 0 Å². The van der Waals surface area contributed by atoms with E-state index in [1.54, 1.807) is 6.07 Å². The Balaban J connectivity index is 1.79. The van der Waals surface area contributed by atoms with Gasteiger partial charge in [0, 0.05) is 0 Å². The number of allylic oxidation sites excluding steroid dienone is 1. The van der Waals surface area contributed by atoms with Gasteiger partial charge in [-0.2, -0.15) is 0 Å². The van der Waals surface area contributed by atoms with Gasteiger partial charge in [0.2, 0.25) is 0 Å². The third-order valence-corrected chi connectivity index (χ3v) is 7.01. The fourth-order valence-electron chi connectivity index (χ4n) is 3.33. The zero-order valence-corrected chi connectivity index (χ0v) is 19.7. The van der Waals surface area contributed by atoms with Gasteiger partial charge in [0.15, 0.2) is 0 Å². The molecule has 0 spiro atoms. The van der Waals surface area contributed by atoms with E-state index in [4.69, 9.17) is 4.74 Å². The number of nitrogens with zero attached hydrogens (tertiary/aromatic N) is 3. The fraction of sp³-hybridized carbons (Fsp3) is 0.174. The maximum atomic E-state index is 13.6. The van der Waals surface area contributed by atoms with E-state index in [1.807, 2.05) is 19.1 Å². The van der Waals surface area contributed by atoms with Crippen LogP contribution in [0.25, 0.3) is 22.0 Å². The van der Waals surface area contributed by atoms with Gasteiger partial charge in [0.05, 0.1) is 0 Å². The van der Waals surface area contributed by atoms with Crippen LogP contribution in [0.3, 0.4) is 0 Å². The van der Waals surface area contributed by atoms with E-state index in [2.05, 4.69) is 22.6 Å². The van der Waals surface area contributed by atoms with Crippen molar-refractivity contribution in [2.45, 2.75) is 13.1 Å². The van der Waals surface area contributed by atoms with Crippen LogP contribution < -0.4 is 31.5 Å². The van der Waals surface area contributed by atoms with Crippen LogP contribution >= 0.6 is 0 Å². The molecule has 0 radical (unpaired) electrons. The number of aromatic nitrogens is 2. The molecule has 5 nitrogen and oxygen atoms in total. The normalized spacial score (nSPS) is 14.2. The Morgan fingerprint density at radius 1 is 1.09 bits per heavy atom. The summed E-state index contributed by atoms with van der Waals surface area (Å²) in [6.07, 6.45) is 0.549. The van der Waals surface area contributed by atoms with Gasteiger partial charge >= 0.3 is 194 Å². The number of anilines is 1. The van der Waals surface area contributed by atoms with Crippen molar-refractivity contribution in [1.82, 2.24) is 9.97 Å². The second-order valence-electron chi connectivity index (χ2n) is 7.18. The van der Waals surface area contributed by atoms with Crippen LogP contribution in [0.4, 0.5) is 23.4 Å². The van der Waals surface area contributed by atoms with Gasteiger partial charge in [-0.25, -0.2) is 4.39 Å². The third-order valence-electron chi connectivity index (χ3n) is 4.89. The molecule has 10 heteroatoms. The minimum absolute atomic E-state index is 0.161. The Hall–Kier alpha value is -3.02. The minimum atomic E-state index is -4.73. The molecule has 33 heavy (non-hydrogen) atoms. The first-order valence-corrected chi connectivity index (χ1v) is 12.0. The Bertz CT molecular complexity index is 1300. The summed E-state index contributed by atoms with van der Waals surface area (Å²) in [7, 11) is 1.41. The number of rotatable bonds is 5. The number of ether oxygens (including phenoxy) is 1. The van der Waals surface area contributed by atoms with E-state index in [0.717, 1.165) is 23.4 Å². The summed E-state index contributed by atoms with van der Waals surface area (Å²) in [4.78, 5) is 8.55. The predicted octanol–water partition coefficient (Wildman–Crippen LogP) is 2.79. The van der Waals surface area contributed by atoms with Gasteiger partial charge in [0.1, 0.15) is 0 Å². The zero-order valence-electron chi connectivity index (χ0n) is 17.5. The number of hydrogen-bond acceptors (Lipinski definition) is 5. The molecule has 1 aliphatic heterocycles. The second-order valence-corrected chi connectivity index (χ2v) is 8.84. The van der Waals surface area contributed by atoms with Crippen molar-refractivity contribution in [3.05, 3.63) is 69.8 Å². The van der Waals surface area contributed by atoms with E-state index >= 15 is 0 Å².